The summed E-state index contributed by atoms with van der Waals surface area (Å²) in [4.78, 5) is 16.5. The zero-order chi connectivity index (χ0) is 23.1. The SMILES string of the molecule is CC1(C)C2=N[C@@H](C=C2)C(C)(C)c2ccc([nH]2)C(C)(C)c2ccc([nH]2)C(C)(C)c2ccc1[nH]2. The number of rotatable bonds is 0. The van der Waals surface area contributed by atoms with Gasteiger partial charge in [-0.2, -0.15) is 0 Å². The van der Waals surface area contributed by atoms with Crippen LogP contribution in [-0.4, -0.2) is 26.7 Å². The molecule has 5 heterocycles. The fourth-order valence-corrected chi connectivity index (χ4v) is 5.16. The molecule has 0 fully saturated rings. The van der Waals surface area contributed by atoms with Crippen LogP contribution in [0.3, 0.4) is 0 Å². The quantitative estimate of drug-likeness (QED) is 0.378. The fourth-order valence-electron chi connectivity index (χ4n) is 5.16. The van der Waals surface area contributed by atoms with Crippen LogP contribution in [0.4, 0.5) is 0 Å². The lowest BCUT2D eigenvalue weighted by Gasteiger charge is -2.30. The van der Waals surface area contributed by atoms with Crippen LogP contribution in [0.5, 0.6) is 0 Å². The Morgan fingerprint density at radius 3 is 1.41 bits per heavy atom. The molecule has 3 N–H and O–H groups in total. The highest BCUT2D eigenvalue weighted by atomic mass is 14.9. The van der Waals surface area contributed by atoms with Crippen molar-refractivity contribution in [1.29, 1.82) is 0 Å². The van der Waals surface area contributed by atoms with E-state index in [2.05, 4.69) is 119 Å². The molecule has 168 valence electrons. The summed E-state index contributed by atoms with van der Waals surface area (Å²) in [7, 11) is 0. The molecule has 4 nitrogen and oxygen atoms in total. The Hall–Kier alpha value is -2.75. The van der Waals surface area contributed by atoms with E-state index in [4.69, 9.17) is 4.99 Å². The molecule has 32 heavy (non-hydrogen) atoms. The Balaban J connectivity index is 1.74. The first kappa shape index (κ1) is 21.1. The summed E-state index contributed by atoms with van der Waals surface area (Å²) in [6.45, 7) is 18.2. The largest absolute Gasteiger partial charge is 0.361 e. The van der Waals surface area contributed by atoms with Crippen LogP contribution >= 0.6 is 0 Å². The molecule has 2 aliphatic heterocycles. The van der Waals surface area contributed by atoms with Gasteiger partial charge < -0.3 is 15.0 Å². The van der Waals surface area contributed by atoms with Gasteiger partial charge in [-0.15, -0.1) is 0 Å². The molecule has 0 saturated carbocycles. The van der Waals surface area contributed by atoms with Crippen molar-refractivity contribution in [2.45, 2.75) is 83.1 Å². The lowest BCUT2D eigenvalue weighted by Crippen LogP contribution is -2.33. The van der Waals surface area contributed by atoms with Gasteiger partial charge >= 0.3 is 0 Å². The van der Waals surface area contributed by atoms with E-state index in [9.17, 15) is 0 Å². The zero-order valence-corrected chi connectivity index (χ0v) is 20.6. The number of nitrogens with zero attached hydrogens (tertiary/aromatic N) is 1. The normalized spacial score (nSPS) is 24.4. The number of nitrogens with one attached hydrogen (secondary N) is 3. The molecule has 0 aliphatic carbocycles. The minimum absolute atomic E-state index is 0.0993. The molecular formula is C28H36N4. The molecule has 8 bridgehead atoms. The van der Waals surface area contributed by atoms with Crippen molar-refractivity contribution in [3.05, 3.63) is 82.7 Å². The van der Waals surface area contributed by atoms with Gasteiger partial charge in [0.1, 0.15) is 0 Å². The molecule has 3 aromatic heterocycles. The molecule has 0 aromatic carbocycles. The maximum atomic E-state index is 5.23. The van der Waals surface area contributed by atoms with Gasteiger partial charge in [-0.05, 0) is 84.0 Å². The van der Waals surface area contributed by atoms with E-state index < -0.39 is 0 Å². The average molecular weight is 429 g/mol. The minimum atomic E-state index is -0.198. The molecule has 0 amide bonds. The Bertz CT molecular complexity index is 1240. The van der Waals surface area contributed by atoms with E-state index in [1.54, 1.807) is 0 Å². The van der Waals surface area contributed by atoms with Gasteiger partial charge in [0.2, 0.25) is 0 Å². The van der Waals surface area contributed by atoms with Gasteiger partial charge in [0.05, 0.1) is 6.04 Å². The van der Waals surface area contributed by atoms with Crippen LogP contribution < -0.4 is 0 Å². The summed E-state index contributed by atoms with van der Waals surface area (Å²) in [5.41, 5.74) is 7.73. The van der Waals surface area contributed by atoms with Crippen LogP contribution in [0.1, 0.15) is 89.6 Å². The topological polar surface area (TPSA) is 59.7 Å². The number of aliphatic imine (C=N–C) groups is 1. The van der Waals surface area contributed by atoms with Gasteiger partial charge in [-0.3, -0.25) is 4.99 Å². The van der Waals surface area contributed by atoms with Crippen LogP contribution in [0.2, 0.25) is 0 Å². The van der Waals surface area contributed by atoms with E-state index in [1.807, 2.05) is 0 Å². The van der Waals surface area contributed by atoms with Gasteiger partial charge in [-0.25, -0.2) is 0 Å². The van der Waals surface area contributed by atoms with Crippen LogP contribution in [0, 0.1) is 0 Å². The summed E-state index contributed by atoms with van der Waals surface area (Å²) in [5, 5.41) is 0. The highest BCUT2D eigenvalue weighted by Gasteiger charge is 2.39. The second-order valence-electron chi connectivity index (χ2n) is 11.8. The number of hydrogen-bond donors (Lipinski definition) is 3. The first-order chi connectivity index (χ1) is 14.8. The third-order valence-electron chi connectivity index (χ3n) is 8.21. The number of aromatic nitrogens is 3. The molecule has 4 heteroatoms. The van der Waals surface area contributed by atoms with Crippen molar-refractivity contribution >= 4 is 5.71 Å². The van der Waals surface area contributed by atoms with Crippen molar-refractivity contribution in [2.24, 2.45) is 4.99 Å². The molecule has 0 spiro atoms. The fraction of sp³-hybridized carbons (Fsp3) is 0.464. The van der Waals surface area contributed by atoms with Crippen LogP contribution in [0.25, 0.3) is 0 Å². The molecule has 3 aromatic rings. The van der Waals surface area contributed by atoms with Crippen LogP contribution in [-0.2, 0) is 21.7 Å². The number of aromatic amines is 3. The highest BCUT2D eigenvalue weighted by Crippen LogP contribution is 2.40. The average Bonchev–Trinajstić information content (AvgIpc) is 3.53. The van der Waals surface area contributed by atoms with Crippen molar-refractivity contribution in [2.75, 3.05) is 0 Å². The van der Waals surface area contributed by atoms with Crippen molar-refractivity contribution in [3.8, 4) is 0 Å². The number of H-pyrrole nitrogens is 3. The van der Waals surface area contributed by atoms with E-state index in [0.29, 0.717) is 0 Å². The van der Waals surface area contributed by atoms with Gasteiger partial charge in [0.25, 0.3) is 0 Å². The third kappa shape index (κ3) is 2.84. The predicted molar refractivity (Wildman–Crippen MR) is 133 cm³/mol. The molecule has 0 unspecified atom stereocenters. The lowest BCUT2D eigenvalue weighted by atomic mass is 9.82. The summed E-state index contributed by atoms with van der Waals surface area (Å²) in [6, 6.07) is 13.5. The van der Waals surface area contributed by atoms with E-state index in [1.165, 1.54) is 34.2 Å². The Labute approximate surface area is 191 Å². The smallest absolute Gasteiger partial charge is 0.0792 e. The number of allylic oxidation sites excluding steroid dienone is 1. The maximum Gasteiger partial charge on any atom is 0.0792 e. The molecule has 1 atom stereocenters. The number of hydrogen-bond acceptors (Lipinski definition) is 1. The van der Waals surface area contributed by atoms with Gasteiger partial charge in [0, 0.05) is 61.5 Å². The Kier molecular flexibility index (Phi) is 4.22. The standard InChI is InChI=1S/C28H36N4/c1-25(2)17-9-11-19(29-17)26(3,4)21-13-15-23(31-21)28(7,8)24-16-14-22(32-24)27(5,6)20-12-10-18(25)30-20/h9-17,30-32H,1-8H3/t17-/m0/s1. The van der Waals surface area contributed by atoms with E-state index >= 15 is 0 Å². The summed E-state index contributed by atoms with van der Waals surface area (Å²) in [5.74, 6) is 0. The van der Waals surface area contributed by atoms with E-state index in [0.717, 1.165) is 5.71 Å². The van der Waals surface area contributed by atoms with E-state index in [-0.39, 0.29) is 27.7 Å². The molecule has 5 rings (SSSR count). The van der Waals surface area contributed by atoms with Gasteiger partial charge in [-0.1, -0.05) is 19.9 Å². The highest BCUT2D eigenvalue weighted by molar-refractivity contribution is 6.04. The molecular weight excluding hydrogens is 392 g/mol. The van der Waals surface area contributed by atoms with Crippen LogP contribution in [0.15, 0.2) is 53.5 Å². The zero-order valence-electron chi connectivity index (χ0n) is 20.6. The Morgan fingerprint density at radius 2 is 0.938 bits per heavy atom. The molecule has 0 radical (unpaired) electrons. The molecule has 0 saturated heterocycles. The maximum absolute atomic E-state index is 5.23. The van der Waals surface area contributed by atoms with Crippen molar-refractivity contribution in [3.63, 3.8) is 0 Å². The predicted octanol–water partition coefficient (Wildman–Crippen LogP) is 6.27. The monoisotopic (exact) mass is 428 g/mol. The van der Waals surface area contributed by atoms with Crippen molar-refractivity contribution < 1.29 is 0 Å². The van der Waals surface area contributed by atoms with Crippen molar-refractivity contribution in [1.82, 2.24) is 15.0 Å². The number of fused-ring (bicyclic) bond motifs is 7. The minimum Gasteiger partial charge on any atom is -0.361 e. The third-order valence-corrected chi connectivity index (χ3v) is 8.21. The van der Waals surface area contributed by atoms with Gasteiger partial charge in [0.15, 0.2) is 0 Å². The summed E-state index contributed by atoms with van der Waals surface area (Å²) >= 11 is 0. The first-order valence-electron chi connectivity index (χ1n) is 11.7. The molecule has 2 aliphatic rings. The summed E-state index contributed by atoms with van der Waals surface area (Å²) in [6.07, 6.45) is 4.49. The first-order valence-corrected chi connectivity index (χ1v) is 11.7. The second-order valence-corrected chi connectivity index (χ2v) is 11.8. The Morgan fingerprint density at radius 1 is 0.562 bits per heavy atom. The second kappa shape index (κ2) is 6.40. The summed E-state index contributed by atoms with van der Waals surface area (Å²) < 4.78 is 0. The lowest BCUT2D eigenvalue weighted by molar-refractivity contribution is 0.455.